The van der Waals surface area contributed by atoms with Crippen LogP contribution in [0.15, 0.2) is 35.1 Å². The van der Waals surface area contributed by atoms with Crippen molar-refractivity contribution < 1.29 is 4.79 Å². The Morgan fingerprint density at radius 3 is 2.30 bits per heavy atom. The zero-order chi connectivity index (χ0) is 20.0. The van der Waals surface area contributed by atoms with Gasteiger partial charge in [-0.05, 0) is 26.8 Å². The lowest BCUT2D eigenvalue weighted by Crippen LogP contribution is -2.28. The summed E-state index contributed by atoms with van der Waals surface area (Å²) in [4.78, 5) is 24.9. The first kappa shape index (κ1) is 18.8. The predicted octanol–water partition coefficient (Wildman–Crippen LogP) is 3.42. The molecule has 0 radical (unpaired) electrons. The standard InChI is InChI=1S/C20H25N5O2/c1-19(2,3)14-11-15(25(24-14)20(4,5)6)21-18(27)16-12-9-7-8-10-13(12)17(26)23-22-16/h7-11H,1-6H3,(H,21,27)(H,23,26). The molecule has 0 aliphatic heterocycles. The van der Waals surface area contributed by atoms with Crippen LogP contribution in [0.25, 0.3) is 10.8 Å². The van der Waals surface area contributed by atoms with Gasteiger partial charge in [-0.25, -0.2) is 9.78 Å². The maximum absolute atomic E-state index is 12.9. The first-order valence-electron chi connectivity index (χ1n) is 8.88. The zero-order valence-electron chi connectivity index (χ0n) is 16.5. The fourth-order valence-corrected chi connectivity index (χ4v) is 2.81. The first-order chi connectivity index (χ1) is 12.5. The molecule has 7 heteroatoms. The molecule has 27 heavy (non-hydrogen) atoms. The van der Waals surface area contributed by atoms with E-state index in [2.05, 4.69) is 36.3 Å². The predicted molar refractivity (Wildman–Crippen MR) is 106 cm³/mol. The van der Waals surface area contributed by atoms with Gasteiger partial charge < -0.3 is 5.32 Å². The van der Waals surface area contributed by atoms with Crippen LogP contribution in [0.1, 0.15) is 57.7 Å². The third kappa shape index (κ3) is 3.63. The van der Waals surface area contributed by atoms with E-state index in [0.717, 1.165) is 5.69 Å². The van der Waals surface area contributed by atoms with Crippen LogP contribution in [0.4, 0.5) is 5.82 Å². The number of nitrogens with zero attached hydrogens (tertiary/aromatic N) is 3. The van der Waals surface area contributed by atoms with Gasteiger partial charge >= 0.3 is 0 Å². The Kier molecular flexibility index (Phi) is 4.41. The number of benzene rings is 1. The molecule has 3 aromatic rings. The van der Waals surface area contributed by atoms with Crippen LogP contribution in [0.3, 0.4) is 0 Å². The lowest BCUT2D eigenvalue weighted by Gasteiger charge is -2.23. The topological polar surface area (TPSA) is 92.7 Å². The highest BCUT2D eigenvalue weighted by Crippen LogP contribution is 2.28. The molecular weight excluding hydrogens is 342 g/mol. The summed E-state index contributed by atoms with van der Waals surface area (Å²) >= 11 is 0. The summed E-state index contributed by atoms with van der Waals surface area (Å²) < 4.78 is 1.80. The van der Waals surface area contributed by atoms with E-state index >= 15 is 0 Å². The summed E-state index contributed by atoms with van der Waals surface area (Å²) in [6, 6.07) is 8.80. The molecule has 0 aliphatic carbocycles. The molecule has 142 valence electrons. The number of carbonyl (C=O) groups is 1. The van der Waals surface area contributed by atoms with Crippen molar-refractivity contribution in [1.82, 2.24) is 20.0 Å². The fraction of sp³-hybridized carbons (Fsp3) is 0.400. The van der Waals surface area contributed by atoms with Crippen molar-refractivity contribution in [3.8, 4) is 0 Å². The number of hydrogen-bond acceptors (Lipinski definition) is 4. The molecule has 2 heterocycles. The van der Waals surface area contributed by atoms with Crippen LogP contribution in [0, 0.1) is 0 Å². The first-order valence-corrected chi connectivity index (χ1v) is 8.88. The van der Waals surface area contributed by atoms with Crippen molar-refractivity contribution in [3.63, 3.8) is 0 Å². The Labute approximate surface area is 157 Å². The highest BCUT2D eigenvalue weighted by molar-refractivity contribution is 6.10. The number of hydrogen-bond donors (Lipinski definition) is 2. The van der Waals surface area contributed by atoms with Crippen molar-refractivity contribution in [2.75, 3.05) is 5.32 Å². The Balaban J connectivity index is 2.06. The molecule has 0 saturated heterocycles. The summed E-state index contributed by atoms with van der Waals surface area (Å²) in [6.07, 6.45) is 0. The number of H-pyrrole nitrogens is 1. The highest BCUT2D eigenvalue weighted by Gasteiger charge is 2.26. The van der Waals surface area contributed by atoms with Crippen molar-refractivity contribution in [1.29, 1.82) is 0 Å². The maximum Gasteiger partial charge on any atom is 0.277 e. The van der Waals surface area contributed by atoms with Crippen LogP contribution < -0.4 is 10.9 Å². The number of fused-ring (bicyclic) bond motifs is 1. The van der Waals surface area contributed by atoms with Gasteiger partial charge in [0, 0.05) is 16.9 Å². The molecule has 0 bridgehead atoms. The van der Waals surface area contributed by atoms with Gasteiger partial charge in [-0.2, -0.15) is 10.2 Å². The average molecular weight is 367 g/mol. The Morgan fingerprint density at radius 1 is 1.07 bits per heavy atom. The van der Waals surface area contributed by atoms with Gasteiger partial charge in [-0.1, -0.05) is 39.0 Å². The molecule has 0 fully saturated rings. The molecule has 1 aromatic carbocycles. The molecule has 1 amide bonds. The summed E-state index contributed by atoms with van der Waals surface area (Å²) in [6.45, 7) is 12.3. The molecule has 0 aliphatic rings. The van der Waals surface area contributed by atoms with Gasteiger partial charge in [-0.15, -0.1) is 0 Å². The third-order valence-electron chi connectivity index (χ3n) is 4.27. The smallest absolute Gasteiger partial charge is 0.277 e. The molecule has 0 unspecified atom stereocenters. The second-order valence-electron chi connectivity index (χ2n) is 8.65. The Morgan fingerprint density at radius 2 is 1.70 bits per heavy atom. The SMILES string of the molecule is CC(C)(C)c1cc(NC(=O)c2n[nH]c(=O)c3ccccc23)n(C(C)(C)C)n1. The number of aromatic nitrogens is 4. The second-order valence-corrected chi connectivity index (χ2v) is 8.65. The number of amides is 1. The van der Waals surface area contributed by atoms with E-state index in [1.165, 1.54) is 0 Å². The number of anilines is 1. The molecule has 2 N–H and O–H groups in total. The van der Waals surface area contributed by atoms with Gasteiger partial charge in [-0.3, -0.25) is 9.59 Å². The summed E-state index contributed by atoms with van der Waals surface area (Å²) in [5.41, 5.74) is 0.263. The molecular formula is C20H25N5O2. The minimum atomic E-state index is -0.395. The molecule has 0 saturated carbocycles. The largest absolute Gasteiger partial charge is 0.305 e. The molecule has 7 nitrogen and oxygen atoms in total. The van der Waals surface area contributed by atoms with Crippen molar-refractivity contribution in [2.24, 2.45) is 0 Å². The number of nitrogens with one attached hydrogen (secondary N) is 2. The Bertz CT molecular complexity index is 1060. The molecule has 0 spiro atoms. The van der Waals surface area contributed by atoms with Crippen molar-refractivity contribution in [3.05, 3.63) is 52.1 Å². The number of rotatable bonds is 2. The average Bonchev–Trinajstić information content (AvgIpc) is 3.00. The van der Waals surface area contributed by atoms with Crippen molar-refractivity contribution >= 4 is 22.5 Å². The van der Waals surface area contributed by atoms with E-state index in [9.17, 15) is 9.59 Å². The lowest BCUT2D eigenvalue weighted by atomic mass is 9.92. The van der Waals surface area contributed by atoms with Crippen LogP contribution in [-0.4, -0.2) is 25.9 Å². The third-order valence-corrected chi connectivity index (χ3v) is 4.27. The van der Waals surface area contributed by atoms with Gasteiger partial charge in [0.15, 0.2) is 5.69 Å². The van der Waals surface area contributed by atoms with E-state index in [4.69, 9.17) is 5.10 Å². The fourth-order valence-electron chi connectivity index (χ4n) is 2.81. The van der Waals surface area contributed by atoms with E-state index in [-0.39, 0.29) is 22.2 Å². The summed E-state index contributed by atoms with van der Waals surface area (Å²) in [5.74, 6) is 0.197. The van der Waals surface area contributed by atoms with E-state index in [1.807, 2.05) is 26.8 Å². The van der Waals surface area contributed by atoms with E-state index < -0.39 is 5.91 Å². The maximum atomic E-state index is 12.9. The number of aromatic amines is 1. The molecule has 3 rings (SSSR count). The highest BCUT2D eigenvalue weighted by atomic mass is 16.2. The molecule has 0 atom stereocenters. The van der Waals surface area contributed by atoms with Crippen LogP contribution in [-0.2, 0) is 11.0 Å². The van der Waals surface area contributed by atoms with Crippen LogP contribution in [0.2, 0.25) is 0 Å². The number of carbonyl (C=O) groups excluding carboxylic acids is 1. The summed E-state index contributed by atoms with van der Waals surface area (Å²) in [7, 11) is 0. The molecule has 2 aromatic heterocycles. The van der Waals surface area contributed by atoms with Crippen molar-refractivity contribution in [2.45, 2.75) is 52.5 Å². The van der Waals surface area contributed by atoms with Gasteiger partial charge in [0.1, 0.15) is 5.82 Å². The minimum Gasteiger partial charge on any atom is -0.305 e. The Hall–Kier alpha value is -2.96. The zero-order valence-corrected chi connectivity index (χ0v) is 16.5. The summed E-state index contributed by atoms with van der Waals surface area (Å²) in [5, 5.41) is 14.9. The van der Waals surface area contributed by atoms with Crippen LogP contribution in [0.5, 0.6) is 0 Å². The lowest BCUT2D eigenvalue weighted by molar-refractivity contribution is 0.102. The van der Waals surface area contributed by atoms with E-state index in [1.54, 1.807) is 28.9 Å². The van der Waals surface area contributed by atoms with Gasteiger partial charge in [0.2, 0.25) is 0 Å². The second kappa shape index (κ2) is 6.33. The normalized spacial score (nSPS) is 12.4. The minimum absolute atomic E-state index is 0.154. The van der Waals surface area contributed by atoms with Gasteiger partial charge in [0.25, 0.3) is 11.5 Å². The monoisotopic (exact) mass is 367 g/mol. The van der Waals surface area contributed by atoms with Gasteiger partial charge in [0.05, 0.1) is 16.6 Å². The quantitative estimate of drug-likeness (QED) is 0.726. The van der Waals surface area contributed by atoms with E-state index in [0.29, 0.717) is 16.6 Å². The van der Waals surface area contributed by atoms with Crippen LogP contribution >= 0.6 is 0 Å².